The van der Waals surface area contributed by atoms with Crippen LogP contribution in [0.15, 0.2) is 48.7 Å². The van der Waals surface area contributed by atoms with E-state index in [1.165, 1.54) is 6.92 Å². The molecule has 0 saturated heterocycles. The number of aromatic nitrogens is 1. The quantitative estimate of drug-likeness (QED) is 0.735. The molecular formula is C13H11NO2. The van der Waals surface area contributed by atoms with Gasteiger partial charge in [0.15, 0.2) is 5.78 Å². The molecule has 0 spiro atoms. The molecule has 0 aliphatic rings. The van der Waals surface area contributed by atoms with E-state index in [0.717, 1.165) is 0 Å². The summed E-state index contributed by atoms with van der Waals surface area (Å²) in [6, 6.07) is 12.5. The third-order valence-electron chi connectivity index (χ3n) is 2.10. The minimum Gasteiger partial charge on any atom is -0.439 e. The number of pyridine rings is 1. The van der Waals surface area contributed by atoms with Crippen molar-refractivity contribution in [1.29, 1.82) is 0 Å². The van der Waals surface area contributed by atoms with E-state index < -0.39 is 0 Å². The molecule has 0 fully saturated rings. The van der Waals surface area contributed by atoms with Crippen LogP contribution in [-0.2, 0) is 0 Å². The van der Waals surface area contributed by atoms with Crippen LogP contribution in [-0.4, -0.2) is 10.8 Å². The fourth-order valence-corrected chi connectivity index (χ4v) is 1.31. The molecule has 1 heterocycles. The molecule has 0 aliphatic carbocycles. The highest BCUT2D eigenvalue weighted by molar-refractivity contribution is 5.94. The Morgan fingerprint density at radius 1 is 1.19 bits per heavy atom. The third-order valence-corrected chi connectivity index (χ3v) is 2.10. The van der Waals surface area contributed by atoms with Crippen LogP contribution in [0, 0.1) is 0 Å². The molecule has 0 N–H and O–H groups in total. The van der Waals surface area contributed by atoms with Gasteiger partial charge in [0.05, 0.1) is 0 Å². The largest absolute Gasteiger partial charge is 0.439 e. The number of hydrogen-bond donors (Lipinski definition) is 0. The van der Waals surface area contributed by atoms with Crippen molar-refractivity contribution in [3.8, 4) is 11.6 Å². The van der Waals surface area contributed by atoms with Crippen molar-refractivity contribution in [2.75, 3.05) is 0 Å². The molecule has 2 rings (SSSR count). The van der Waals surface area contributed by atoms with Gasteiger partial charge in [0.25, 0.3) is 0 Å². The average molecular weight is 213 g/mol. The lowest BCUT2D eigenvalue weighted by molar-refractivity contribution is 0.101. The zero-order valence-electron chi connectivity index (χ0n) is 8.88. The number of Topliss-reactive ketones (excluding diaryl/α,β-unsaturated/α-hetero) is 1. The van der Waals surface area contributed by atoms with Gasteiger partial charge < -0.3 is 4.74 Å². The molecule has 16 heavy (non-hydrogen) atoms. The molecule has 1 aromatic carbocycles. The highest BCUT2D eigenvalue weighted by Crippen LogP contribution is 2.19. The predicted octanol–water partition coefficient (Wildman–Crippen LogP) is 3.08. The fraction of sp³-hybridized carbons (Fsp3) is 0.0769. The summed E-state index contributed by atoms with van der Waals surface area (Å²) in [5.41, 5.74) is 0.633. The number of benzene rings is 1. The highest BCUT2D eigenvalue weighted by atomic mass is 16.5. The minimum absolute atomic E-state index is 0.0199. The maximum absolute atomic E-state index is 11.2. The van der Waals surface area contributed by atoms with Crippen LogP contribution in [0.5, 0.6) is 11.6 Å². The van der Waals surface area contributed by atoms with Crippen molar-refractivity contribution in [3.63, 3.8) is 0 Å². The second kappa shape index (κ2) is 4.57. The SMILES string of the molecule is CC(=O)c1cccc(Oc2ccccn2)c1. The van der Waals surface area contributed by atoms with Gasteiger partial charge in [-0.25, -0.2) is 4.98 Å². The Morgan fingerprint density at radius 3 is 2.75 bits per heavy atom. The summed E-state index contributed by atoms with van der Waals surface area (Å²) in [6.07, 6.45) is 1.66. The molecule has 0 atom stereocenters. The van der Waals surface area contributed by atoms with Gasteiger partial charge >= 0.3 is 0 Å². The molecular weight excluding hydrogens is 202 g/mol. The summed E-state index contributed by atoms with van der Waals surface area (Å²) >= 11 is 0. The maximum Gasteiger partial charge on any atom is 0.219 e. The third kappa shape index (κ3) is 2.45. The Balaban J connectivity index is 2.22. The first-order chi connectivity index (χ1) is 7.75. The average Bonchev–Trinajstić information content (AvgIpc) is 2.30. The van der Waals surface area contributed by atoms with Crippen molar-refractivity contribution in [2.45, 2.75) is 6.92 Å². The molecule has 0 aliphatic heterocycles. The molecule has 1 aromatic heterocycles. The second-order valence-corrected chi connectivity index (χ2v) is 3.35. The van der Waals surface area contributed by atoms with E-state index >= 15 is 0 Å². The van der Waals surface area contributed by atoms with Gasteiger partial charge in [-0.05, 0) is 25.1 Å². The molecule has 80 valence electrons. The van der Waals surface area contributed by atoms with E-state index in [-0.39, 0.29) is 5.78 Å². The summed E-state index contributed by atoms with van der Waals surface area (Å²) in [6.45, 7) is 1.53. The summed E-state index contributed by atoms with van der Waals surface area (Å²) in [7, 11) is 0. The van der Waals surface area contributed by atoms with E-state index in [2.05, 4.69) is 4.98 Å². The second-order valence-electron chi connectivity index (χ2n) is 3.35. The minimum atomic E-state index is 0.0199. The van der Waals surface area contributed by atoms with Crippen LogP contribution >= 0.6 is 0 Å². The van der Waals surface area contributed by atoms with Gasteiger partial charge in [0.1, 0.15) is 5.75 Å². The molecule has 3 heteroatoms. The standard InChI is InChI=1S/C13H11NO2/c1-10(15)11-5-4-6-12(9-11)16-13-7-2-3-8-14-13/h2-9H,1H3. The van der Waals surface area contributed by atoms with E-state index in [9.17, 15) is 4.79 Å². The van der Waals surface area contributed by atoms with Gasteiger partial charge in [-0.1, -0.05) is 18.2 Å². The van der Waals surface area contributed by atoms with E-state index in [1.807, 2.05) is 12.1 Å². The lowest BCUT2D eigenvalue weighted by atomic mass is 10.1. The zero-order chi connectivity index (χ0) is 11.4. The van der Waals surface area contributed by atoms with E-state index in [4.69, 9.17) is 4.74 Å². The van der Waals surface area contributed by atoms with Gasteiger partial charge in [-0.15, -0.1) is 0 Å². The number of carbonyl (C=O) groups is 1. The zero-order valence-corrected chi connectivity index (χ0v) is 8.88. The van der Waals surface area contributed by atoms with Crippen molar-refractivity contribution in [1.82, 2.24) is 4.98 Å². The highest BCUT2D eigenvalue weighted by Gasteiger charge is 2.02. The summed E-state index contributed by atoms with van der Waals surface area (Å²) in [5, 5.41) is 0. The number of ketones is 1. The molecule has 0 bridgehead atoms. The Kier molecular flexibility index (Phi) is 2.96. The Hall–Kier alpha value is -2.16. The first-order valence-electron chi connectivity index (χ1n) is 4.95. The van der Waals surface area contributed by atoms with Gasteiger partial charge in [0, 0.05) is 17.8 Å². The van der Waals surface area contributed by atoms with Gasteiger partial charge in [0.2, 0.25) is 5.88 Å². The molecule has 0 unspecified atom stereocenters. The lowest BCUT2D eigenvalue weighted by Crippen LogP contribution is -1.93. The fourth-order valence-electron chi connectivity index (χ4n) is 1.31. The number of ether oxygens (including phenoxy) is 1. The summed E-state index contributed by atoms with van der Waals surface area (Å²) in [4.78, 5) is 15.2. The molecule has 0 amide bonds. The number of hydrogen-bond acceptors (Lipinski definition) is 3. The number of rotatable bonds is 3. The van der Waals surface area contributed by atoms with E-state index in [0.29, 0.717) is 17.2 Å². The van der Waals surface area contributed by atoms with E-state index in [1.54, 1.807) is 36.5 Å². The van der Waals surface area contributed by atoms with Crippen LogP contribution in [0.2, 0.25) is 0 Å². The molecule has 3 nitrogen and oxygen atoms in total. The van der Waals surface area contributed by atoms with Crippen molar-refractivity contribution in [2.24, 2.45) is 0 Å². The van der Waals surface area contributed by atoms with Crippen molar-refractivity contribution < 1.29 is 9.53 Å². The molecule has 0 saturated carbocycles. The molecule has 2 aromatic rings. The first-order valence-corrected chi connectivity index (χ1v) is 4.95. The summed E-state index contributed by atoms with van der Waals surface area (Å²) < 4.78 is 5.51. The number of carbonyl (C=O) groups excluding carboxylic acids is 1. The number of nitrogens with zero attached hydrogens (tertiary/aromatic N) is 1. The topological polar surface area (TPSA) is 39.2 Å². The lowest BCUT2D eigenvalue weighted by Gasteiger charge is -2.04. The van der Waals surface area contributed by atoms with Crippen LogP contribution < -0.4 is 4.74 Å². The predicted molar refractivity (Wildman–Crippen MR) is 60.8 cm³/mol. The van der Waals surface area contributed by atoms with Crippen LogP contribution in [0.25, 0.3) is 0 Å². The Labute approximate surface area is 93.7 Å². The normalized spacial score (nSPS) is 9.81. The van der Waals surface area contributed by atoms with Crippen molar-refractivity contribution in [3.05, 3.63) is 54.2 Å². The monoisotopic (exact) mass is 213 g/mol. The smallest absolute Gasteiger partial charge is 0.219 e. The Morgan fingerprint density at radius 2 is 2.06 bits per heavy atom. The van der Waals surface area contributed by atoms with Crippen molar-refractivity contribution >= 4 is 5.78 Å². The Bertz CT molecular complexity index is 494. The van der Waals surface area contributed by atoms with Gasteiger partial charge in [-0.3, -0.25) is 4.79 Å². The summed E-state index contributed by atoms with van der Waals surface area (Å²) in [5.74, 6) is 1.15. The first kappa shape index (κ1) is 10.4. The van der Waals surface area contributed by atoms with Crippen LogP contribution in [0.1, 0.15) is 17.3 Å². The molecule has 0 radical (unpaired) electrons. The van der Waals surface area contributed by atoms with Gasteiger partial charge in [-0.2, -0.15) is 0 Å². The van der Waals surface area contributed by atoms with Crippen LogP contribution in [0.4, 0.5) is 0 Å². The van der Waals surface area contributed by atoms with Crippen LogP contribution in [0.3, 0.4) is 0 Å². The maximum atomic E-state index is 11.2.